The lowest BCUT2D eigenvalue weighted by Crippen LogP contribution is -2.41. The van der Waals surface area contributed by atoms with E-state index in [-0.39, 0.29) is 12.5 Å². The van der Waals surface area contributed by atoms with E-state index in [0.29, 0.717) is 13.1 Å². The van der Waals surface area contributed by atoms with Gasteiger partial charge < -0.3 is 19.6 Å². The van der Waals surface area contributed by atoms with E-state index in [1.165, 1.54) is 0 Å². The smallest absolute Gasteiger partial charge is 0.242 e. The maximum absolute atomic E-state index is 12.8. The molecule has 0 bridgehead atoms. The van der Waals surface area contributed by atoms with Crippen molar-refractivity contribution in [3.63, 3.8) is 0 Å². The van der Waals surface area contributed by atoms with Gasteiger partial charge in [0.05, 0.1) is 19.8 Å². The molecule has 3 aromatic rings. The molecule has 1 amide bonds. The number of rotatable bonds is 8. The molecule has 29 heavy (non-hydrogen) atoms. The summed E-state index contributed by atoms with van der Waals surface area (Å²) in [5, 5.41) is 12.1. The van der Waals surface area contributed by atoms with Crippen LogP contribution in [-0.4, -0.2) is 49.3 Å². The van der Waals surface area contributed by atoms with E-state index in [1.54, 1.807) is 18.9 Å². The fraction of sp³-hybridized carbons (Fsp3) is 0.292. The Morgan fingerprint density at radius 1 is 1.03 bits per heavy atom. The summed E-state index contributed by atoms with van der Waals surface area (Å²) < 4.78 is 5.27. The standard InChI is InChI=1S/C24H28N2O3/c1-18(27)15-26(22-7-5-4-6-8-22)17-24(28)25(2)16-19-9-10-21-14-23(29-3)12-11-20(21)13-19/h4-14,18,27H,15-17H2,1-3H3/t18-/m1/s1. The van der Waals surface area contributed by atoms with Crippen LogP contribution in [0.25, 0.3) is 10.8 Å². The van der Waals surface area contributed by atoms with E-state index in [9.17, 15) is 9.90 Å². The number of hydrogen-bond donors (Lipinski definition) is 1. The van der Waals surface area contributed by atoms with E-state index in [1.807, 2.05) is 66.5 Å². The second-order valence-electron chi connectivity index (χ2n) is 7.36. The van der Waals surface area contributed by atoms with Crippen molar-refractivity contribution in [3.8, 4) is 5.75 Å². The van der Waals surface area contributed by atoms with E-state index >= 15 is 0 Å². The van der Waals surface area contributed by atoms with Crippen molar-refractivity contribution < 1.29 is 14.6 Å². The summed E-state index contributed by atoms with van der Waals surface area (Å²) in [4.78, 5) is 16.5. The van der Waals surface area contributed by atoms with Gasteiger partial charge in [0.25, 0.3) is 0 Å². The Hall–Kier alpha value is -3.05. The van der Waals surface area contributed by atoms with Crippen molar-refractivity contribution in [1.82, 2.24) is 4.90 Å². The molecule has 0 fully saturated rings. The van der Waals surface area contributed by atoms with Crippen molar-refractivity contribution in [2.45, 2.75) is 19.6 Å². The first-order valence-electron chi connectivity index (χ1n) is 9.75. The highest BCUT2D eigenvalue weighted by Gasteiger charge is 2.17. The van der Waals surface area contributed by atoms with Crippen LogP contribution >= 0.6 is 0 Å². The minimum absolute atomic E-state index is 0.00401. The van der Waals surface area contributed by atoms with Crippen molar-refractivity contribution >= 4 is 22.4 Å². The fourth-order valence-corrected chi connectivity index (χ4v) is 3.36. The van der Waals surface area contributed by atoms with Gasteiger partial charge in [0, 0.05) is 25.8 Å². The molecule has 0 aliphatic heterocycles. The maximum Gasteiger partial charge on any atom is 0.242 e. The summed E-state index contributed by atoms with van der Waals surface area (Å²) in [6.45, 7) is 2.88. The van der Waals surface area contributed by atoms with Crippen molar-refractivity contribution in [2.24, 2.45) is 0 Å². The van der Waals surface area contributed by atoms with Crippen LogP contribution in [0.5, 0.6) is 5.75 Å². The number of aliphatic hydroxyl groups excluding tert-OH is 1. The molecule has 0 heterocycles. The molecule has 0 unspecified atom stereocenters. The maximum atomic E-state index is 12.8. The second-order valence-corrected chi connectivity index (χ2v) is 7.36. The van der Waals surface area contributed by atoms with Crippen molar-refractivity contribution in [1.29, 1.82) is 0 Å². The first-order chi connectivity index (χ1) is 14.0. The summed E-state index contributed by atoms with van der Waals surface area (Å²) in [5.74, 6) is 0.834. The Bertz CT molecular complexity index is 957. The van der Waals surface area contributed by atoms with Gasteiger partial charge in [-0.15, -0.1) is 0 Å². The number of fused-ring (bicyclic) bond motifs is 1. The summed E-state index contributed by atoms with van der Waals surface area (Å²) in [7, 11) is 3.47. The molecule has 0 radical (unpaired) electrons. The molecule has 0 spiro atoms. The quantitative estimate of drug-likeness (QED) is 0.635. The van der Waals surface area contributed by atoms with E-state index in [4.69, 9.17) is 4.74 Å². The third-order valence-corrected chi connectivity index (χ3v) is 4.89. The largest absolute Gasteiger partial charge is 0.497 e. The van der Waals surface area contributed by atoms with Gasteiger partial charge in [-0.2, -0.15) is 0 Å². The zero-order chi connectivity index (χ0) is 20.8. The van der Waals surface area contributed by atoms with Crippen molar-refractivity contribution in [3.05, 3.63) is 72.3 Å². The lowest BCUT2D eigenvalue weighted by molar-refractivity contribution is -0.129. The molecule has 0 aromatic heterocycles. The molecule has 3 rings (SSSR count). The van der Waals surface area contributed by atoms with Crippen molar-refractivity contribution in [2.75, 3.05) is 32.1 Å². The van der Waals surface area contributed by atoms with Crippen LogP contribution in [0.2, 0.25) is 0 Å². The minimum atomic E-state index is -0.522. The molecule has 0 aliphatic rings. The number of methoxy groups -OCH3 is 1. The Morgan fingerprint density at radius 3 is 2.41 bits per heavy atom. The molecular weight excluding hydrogens is 364 g/mol. The molecule has 0 aliphatic carbocycles. The van der Waals surface area contributed by atoms with Gasteiger partial charge in [0.15, 0.2) is 0 Å². The highest BCUT2D eigenvalue weighted by Crippen LogP contribution is 2.22. The lowest BCUT2D eigenvalue weighted by Gasteiger charge is -2.28. The normalized spacial score (nSPS) is 11.9. The highest BCUT2D eigenvalue weighted by molar-refractivity contribution is 5.85. The molecule has 5 nitrogen and oxygen atoms in total. The number of para-hydroxylation sites is 1. The Kier molecular flexibility index (Phi) is 6.73. The molecule has 5 heteroatoms. The first-order valence-corrected chi connectivity index (χ1v) is 9.75. The van der Waals surface area contributed by atoms with Gasteiger partial charge in [0.2, 0.25) is 5.91 Å². The SMILES string of the molecule is COc1ccc2cc(CN(C)C(=O)CN(C[C@@H](C)O)c3ccccc3)ccc2c1. The highest BCUT2D eigenvalue weighted by atomic mass is 16.5. The molecule has 152 valence electrons. The average Bonchev–Trinajstić information content (AvgIpc) is 2.73. The fourth-order valence-electron chi connectivity index (χ4n) is 3.36. The van der Waals surface area contributed by atoms with Gasteiger partial charge in [-0.3, -0.25) is 4.79 Å². The summed E-state index contributed by atoms with van der Waals surface area (Å²) in [6.07, 6.45) is -0.522. The molecule has 1 atom stereocenters. The van der Waals surface area contributed by atoms with Crippen LogP contribution in [0.1, 0.15) is 12.5 Å². The van der Waals surface area contributed by atoms with Crippen LogP contribution < -0.4 is 9.64 Å². The van der Waals surface area contributed by atoms with Gasteiger partial charge >= 0.3 is 0 Å². The van der Waals surface area contributed by atoms with Crippen LogP contribution in [0.4, 0.5) is 5.69 Å². The van der Waals surface area contributed by atoms with E-state index in [0.717, 1.165) is 27.8 Å². The lowest BCUT2D eigenvalue weighted by atomic mass is 10.1. The van der Waals surface area contributed by atoms with E-state index in [2.05, 4.69) is 12.1 Å². The van der Waals surface area contributed by atoms with E-state index < -0.39 is 6.10 Å². The summed E-state index contributed by atoms with van der Waals surface area (Å²) in [5.41, 5.74) is 2.00. The molecule has 0 saturated carbocycles. The number of aliphatic hydroxyl groups is 1. The number of ether oxygens (including phenoxy) is 1. The second kappa shape index (κ2) is 9.43. The molecule has 1 N–H and O–H groups in total. The zero-order valence-electron chi connectivity index (χ0n) is 17.2. The number of benzene rings is 3. The number of nitrogens with zero attached hydrogens (tertiary/aromatic N) is 2. The number of carbonyl (C=O) groups excluding carboxylic acids is 1. The summed E-state index contributed by atoms with van der Waals surface area (Å²) in [6, 6.07) is 21.9. The number of carbonyl (C=O) groups is 1. The van der Waals surface area contributed by atoms with Crippen LogP contribution in [0, 0.1) is 0 Å². The third kappa shape index (κ3) is 5.48. The molecule has 0 saturated heterocycles. The van der Waals surface area contributed by atoms with Gasteiger partial charge in [-0.25, -0.2) is 0 Å². The number of likely N-dealkylation sites (N-methyl/N-ethyl adjacent to an activating group) is 1. The van der Waals surface area contributed by atoms with Gasteiger partial charge in [-0.1, -0.05) is 36.4 Å². The topological polar surface area (TPSA) is 53.0 Å². The van der Waals surface area contributed by atoms with Crippen LogP contribution in [0.15, 0.2) is 66.7 Å². The average molecular weight is 392 g/mol. The Morgan fingerprint density at radius 2 is 1.72 bits per heavy atom. The monoisotopic (exact) mass is 392 g/mol. The Balaban J connectivity index is 1.69. The first kappa shape index (κ1) is 20.7. The van der Waals surface area contributed by atoms with Gasteiger partial charge in [-0.05, 0) is 53.6 Å². The number of anilines is 1. The zero-order valence-corrected chi connectivity index (χ0v) is 17.2. The number of hydrogen-bond acceptors (Lipinski definition) is 4. The third-order valence-electron chi connectivity index (χ3n) is 4.89. The Labute approximate surface area is 172 Å². The van der Waals surface area contributed by atoms with Gasteiger partial charge in [0.1, 0.15) is 5.75 Å². The summed E-state index contributed by atoms with van der Waals surface area (Å²) >= 11 is 0. The van der Waals surface area contributed by atoms with Crippen LogP contribution in [-0.2, 0) is 11.3 Å². The number of amides is 1. The molecule has 3 aromatic carbocycles. The molecular formula is C24H28N2O3. The predicted octanol–water partition coefficient (Wildman–Crippen LogP) is 3.69. The minimum Gasteiger partial charge on any atom is -0.497 e. The predicted molar refractivity (Wildman–Crippen MR) is 117 cm³/mol. The van der Waals surface area contributed by atoms with Crippen LogP contribution in [0.3, 0.4) is 0 Å².